The maximum Gasteiger partial charge on any atom is 0.0163 e. The molecule has 0 spiro atoms. The van der Waals surface area contributed by atoms with Crippen molar-refractivity contribution in [2.45, 2.75) is 32.6 Å². The van der Waals surface area contributed by atoms with Crippen molar-refractivity contribution in [2.75, 3.05) is 32.7 Å². The van der Waals surface area contributed by atoms with E-state index in [1.807, 2.05) is 12.2 Å². The van der Waals surface area contributed by atoms with Crippen LogP contribution in [0.4, 0.5) is 0 Å². The summed E-state index contributed by atoms with van der Waals surface area (Å²) in [6.07, 6.45) is 9.03. The highest BCUT2D eigenvalue weighted by atomic mass is 15.1. The Morgan fingerprint density at radius 2 is 1.69 bits per heavy atom. The largest absolute Gasteiger partial charge is 0.317 e. The van der Waals surface area contributed by atoms with E-state index in [-0.39, 0.29) is 0 Å². The molecule has 0 bridgehead atoms. The second-order valence-electron chi connectivity index (χ2n) is 4.15. The lowest BCUT2D eigenvalue weighted by molar-refractivity contribution is 0.325. The van der Waals surface area contributed by atoms with E-state index >= 15 is 0 Å². The molecule has 0 aliphatic heterocycles. The van der Waals surface area contributed by atoms with Crippen molar-refractivity contribution < 1.29 is 0 Å². The summed E-state index contributed by atoms with van der Waals surface area (Å²) in [6, 6.07) is 0. The third-order valence-corrected chi connectivity index (χ3v) is 2.53. The summed E-state index contributed by atoms with van der Waals surface area (Å²) in [5.41, 5.74) is 0. The highest BCUT2D eigenvalue weighted by molar-refractivity contribution is 4.79. The van der Waals surface area contributed by atoms with Crippen molar-refractivity contribution in [3.63, 3.8) is 0 Å². The van der Waals surface area contributed by atoms with Gasteiger partial charge in [-0.1, -0.05) is 25.5 Å². The molecule has 0 radical (unpaired) electrons. The monoisotopic (exact) mass is 224 g/mol. The summed E-state index contributed by atoms with van der Waals surface area (Å²) in [7, 11) is 0. The molecule has 0 unspecified atom stereocenters. The van der Waals surface area contributed by atoms with Gasteiger partial charge in [-0.25, -0.2) is 0 Å². The topological polar surface area (TPSA) is 15.3 Å². The first-order chi connectivity index (χ1) is 7.85. The molecule has 0 heterocycles. The van der Waals surface area contributed by atoms with E-state index in [2.05, 4.69) is 30.3 Å². The van der Waals surface area contributed by atoms with Gasteiger partial charge in [-0.3, -0.25) is 4.90 Å². The Balaban J connectivity index is 3.32. The van der Waals surface area contributed by atoms with Crippen LogP contribution < -0.4 is 5.32 Å². The highest BCUT2D eigenvalue weighted by Gasteiger charge is 1.99. The summed E-state index contributed by atoms with van der Waals surface area (Å²) < 4.78 is 0. The van der Waals surface area contributed by atoms with Crippen molar-refractivity contribution in [2.24, 2.45) is 0 Å². The maximum atomic E-state index is 3.77. The first-order valence-corrected chi connectivity index (χ1v) is 6.50. The molecule has 0 aliphatic carbocycles. The van der Waals surface area contributed by atoms with Gasteiger partial charge in [0.25, 0.3) is 0 Å². The van der Waals surface area contributed by atoms with Gasteiger partial charge in [0, 0.05) is 13.1 Å². The van der Waals surface area contributed by atoms with E-state index in [0.29, 0.717) is 0 Å². The van der Waals surface area contributed by atoms with Crippen LogP contribution in [0.25, 0.3) is 0 Å². The molecule has 2 heteroatoms. The molecular weight excluding hydrogens is 196 g/mol. The number of nitrogens with one attached hydrogen (secondary N) is 1. The fourth-order valence-corrected chi connectivity index (χ4v) is 1.69. The summed E-state index contributed by atoms with van der Waals surface area (Å²) in [4.78, 5) is 2.37. The van der Waals surface area contributed by atoms with Gasteiger partial charge in [-0.05, 0) is 38.9 Å². The Labute approximate surface area is 101 Å². The van der Waals surface area contributed by atoms with Crippen LogP contribution >= 0.6 is 0 Å². The van der Waals surface area contributed by atoms with E-state index in [4.69, 9.17) is 0 Å². The molecule has 94 valence electrons. The third kappa shape index (κ3) is 9.94. The SMILES string of the molecule is C=CCN(CC=C)CCCCCNCCC. The fraction of sp³-hybridized carbons (Fsp3) is 0.714. The van der Waals surface area contributed by atoms with E-state index in [0.717, 1.165) is 32.7 Å². The number of unbranched alkanes of at least 4 members (excludes halogenated alkanes) is 2. The summed E-state index contributed by atoms with van der Waals surface area (Å²) in [5.74, 6) is 0. The van der Waals surface area contributed by atoms with Gasteiger partial charge in [-0.15, -0.1) is 13.2 Å². The molecule has 0 aliphatic rings. The van der Waals surface area contributed by atoms with Crippen LogP contribution in [0.15, 0.2) is 25.3 Å². The molecule has 0 amide bonds. The Bertz CT molecular complexity index is 156. The molecule has 0 aromatic rings. The predicted molar refractivity (Wildman–Crippen MR) is 73.8 cm³/mol. The zero-order valence-corrected chi connectivity index (χ0v) is 10.9. The summed E-state index contributed by atoms with van der Waals surface area (Å²) in [6.45, 7) is 15.2. The van der Waals surface area contributed by atoms with Gasteiger partial charge >= 0.3 is 0 Å². The lowest BCUT2D eigenvalue weighted by Crippen LogP contribution is -2.25. The van der Waals surface area contributed by atoms with Crippen LogP contribution in [0.5, 0.6) is 0 Å². The molecular formula is C14H28N2. The van der Waals surface area contributed by atoms with Crippen LogP contribution in [0.1, 0.15) is 32.6 Å². The lowest BCUT2D eigenvalue weighted by atomic mass is 10.2. The Kier molecular flexibility index (Phi) is 12.0. The first kappa shape index (κ1) is 15.4. The van der Waals surface area contributed by atoms with Crippen molar-refractivity contribution >= 4 is 0 Å². The number of hydrogen-bond donors (Lipinski definition) is 1. The molecule has 16 heavy (non-hydrogen) atoms. The average molecular weight is 224 g/mol. The molecule has 1 N–H and O–H groups in total. The summed E-state index contributed by atoms with van der Waals surface area (Å²) in [5, 5.41) is 3.43. The Hall–Kier alpha value is -0.600. The van der Waals surface area contributed by atoms with Crippen LogP contribution in [0.2, 0.25) is 0 Å². The van der Waals surface area contributed by atoms with Gasteiger partial charge in [0.2, 0.25) is 0 Å². The molecule has 0 aromatic heterocycles. The van der Waals surface area contributed by atoms with Gasteiger partial charge < -0.3 is 5.32 Å². The van der Waals surface area contributed by atoms with Crippen LogP contribution in [-0.4, -0.2) is 37.6 Å². The Morgan fingerprint density at radius 1 is 1.00 bits per heavy atom. The predicted octanol–water partition coefficient (Wildman–Crippen LogP) is 2.83. The minimum absolute atomic E-state index is 0.972. The first-order valence-electron chi connectivity index (χ1n) is 6.50. The van der Waals surface area contributed by atoms with E-state index in [1.165, 1.54) is 25.7 Å². The van der Waals surface area contributed by atoms with Crippen molar-refractivity contribution in [1.82, 2.24) is 10.2 Å². The van der Waals surface area contributed by atoms with Gasteiger partial charge in [0.1, 0.15) is 0 Å². The zero-order chi connectivity index (χ0) is 12.1. The number of nitrogens with zero attached hydrogens (tertiary/aromatic N) is 1. The van der Waals surface area contributed by atoms with Crippen molar-refractivity contribution in [3.8, 4) is 0 Å². The molecule has 0 fully saturated rings. The highest BCUT2D eigenvalue weighted by Crippen LogP contribution is 1.98. The van der Waals surface area contributed by atoms with Crippen LogP contribution in [-0.2, 0) is 0 Å². The van der Waals surface area contributed by atoms with Crippen molar-refractivity contribution in [1.29, 1.82) is 0 Å². The number of rotatable bonds is 12. The number of hydrogen-bond acceptors (Lipinski definition) is 2. The third-order valence-electron chi connectivity index (χ3n) is 2.53. The van der Waals surface area contributed by atoms with Crippen LogP contribution in [0.3, 0.4) is 0 Å². The van der Waals surface area contributed by atoms with Crippen LogP contribution in [0, 0.1) is 0 Å². The normalized spacial score (nSPS) is 10.6. The minimum Gasteiger partial charge on any atom is -0.317 e. The van der Waals surface area contributed by atoms with Crippen molar-refractivity contribution in [3.05, 3.63) is 25.3 Å². The van der Waals surface area contributed by atoms with Gasteiger partial charge in [0.15, 0.2) is 0 Å². The molecule has 0 saturated heterocycles. The minimum atomic E-state index is 0.972. The zero-order valence-electron chi connectivity index (χ0n) is 10.9. The smallest absolute Gasteiger partial charge is 0.0163 e. The lowest BCUT2D eigenvalue weighted by Gasteiger charge is -2.18. The average Bonchev–Trinajstić information content (AvgIpc) is 2.28. The van der Waals surface area contributed by atoms with Gasteiger partial charge in [0.05, 0.1) is 0 Å². The fourth-order valence-electron chi connectivity index (χ4n) is 1.69. The quantitative estimate of drug-likeness (QED) is 0.405. The Morgan fingerprint density at radius 3 is 2.25 bits per heavy atom. The van der Waals surface area contributed by atoms with Gasteiger partial charge in [-0.2, -0.15) is 0 Å². The molecule has 0 atom stereocenters. The standard InChI is InChI=1S/C14H28N2/c1-4-10-15-11-8-7-9-14-16(12-5-2)13-6-3/h5-6,15H,2-4,7-14H2,1H3. The molecule has 0 saturated carbocycles. The second-order valence-corrected chi connectivity index (χ2v) is 4.15. The summed E-state index contributed by atoms with van der Waals surface area (Å²) >= 11 is 0. The van der Waals surface area contributed by atoms with E-state index in [9.17, 15) is 0 Å². The second kappa shape index (κ2) is 12.5. The maximum absolute atomic E-state index is 3.77. The van der Waals surface area contributed by atoms with E-state index < -0.39 is 0 Å². The molecule has 0 rings (SSSR count). The molecule has 2 nitrogen and oxygen atoms in total. The molecule has 0 aromatic carbocycles. The van der Waals surface area contributed by atoms with E-state index in [1.54, 1.807) is 0 Å².